The van der Waals surface area contributed by atoms with Gasteiger partial charge in [0.2, 0.25) is 0 Å². The largest absolute Gasteiger partial charge is 0.298 e. The Kier molecular flexibility index (Phi) is 2.92. The average Bonchev–Trinajstić information content (AvgIpc) is 2.29. The van der Waals surface area contributed by atoms with Crippen LogP contribution in [-0.4, -0.2) is 11.3 Å². The van der Waals surface area contributed by atoms with Crippen LogP contribution in [0, 0.1) is 0 Å². The first kappa shape index (κ1) is 10.1. The van der Waals surface area contributed by atoms with Crippen molar-refractivity contribution >= 4 is 22.2 Å². The van der Waals surface area contributed by atoms with Crippen molar-refractivity contribution < 1.29 is 4.79 Å². The molecular weight excluding hydrogens is 254 g/mol. The highest BCUT2D eigenvalue weighted by Crippen LogP contribution is 2.21. The van der Waals surface area contributed by atoms with Crippen molar-refractivity contribution in [3.05, 3.63) is 52.8 Å². The second-order valence-corrected chi connectivity index (χ2v) is 4.05. The number of carbonyl (C=O) groups is 1. The van der Waals surface area contributed by atoms with Gasteiger partial charge in [0.05, 0.1) is 0 Å². The van der Waals surface area contributed by atoms with E-state index >= 15 is 0 Å². The topological polar surface area (TPSA) is 30.0 Å². The van der Waals surface area contributed by atoms with Crippen molar-refractivity contribution in [3.8, 4) is 11.1 Å². The standard InChI is InChI=1S/C12H8BrNO/c13-12-5-11(6-14-7-12)10-3-1-9(8-15)2-4-10/h1-8H. The van der Waals surface area contributed by atoms with Gasteiger partial charge in [0, 0.05) is 28.0 Å². The molecule has 0 aliphatic rings. The Bertz CT molecular complexity index is 479. The fourth-order valence-electron chi connectivity index (χ4n) is 1.32. The summed E-state index contributed by atoms with van der Waals surface area (Å²) in [7, 11) is 0. The Labute approximate surface area is 96.1 Å². The van der Waals surface area contributed by atoms with Crippen LogP contribution in [0.4, 0.5) is 0 Å². The number of pyridine rings is 1. The van der Waals surface area contributed by atoms with Crippen molar-refractivity contribution in [1.29, 1.82) is 0 Å². The minimum absolute atomic E-state index is 0.682. The quantitative estimate of drug-likeness (QED) is 0.777. The molecular formula is C12H8BrNO. The Hall–Kier alpha value is -1.48. The third-order valence-electron chi connectivity index (χ3n) is 2.08. The van der Waals surface area contributed by atoms with Crippen LogP contribution >= 0.6 is 15.9 Å². The van der Waals surface area contributed by atoms with E-state index in [4.69, 9.17) is 0 Å². The highest BCUT2D eigenvalue weighted by Gasteiger charge is 1.98. The number of carbonyl (C=O) groups excluding carboxylic acids is 1. The minimum Gasteiger partial charge on any atom is -0.298 e. The van der Waals surface area contributed by atoms with Crippen molar-refractivity contribution in [3.63, 3.8) is 0 Å². The highest BCUT2D eigenvalue weighted by atomic mass is 79.9. The number of aromatic nitrogens is 1. The van der Waals surface area contributed by atoms with E-state index in [1.165, 1.54) is 0 Å². The van der Waals surface area contributed by atoms with Gasteiger partial charge in [-0.3, -0.25) is 9.78 Å². The molecule has 0 bridgehead atoms. The number of hydrogen-bond acceptors (Lipinski definition) is 2. The lowest BCUT2D eigenvalue weighted by Gasteiger charge is -2.01. The summed E-state index contributed by atoms with van der Waals surface area (Å²) in [5.41, 5.74) is 2.76. The van der Waals surface area contributed by atoms with Crippen LogP contribution in [0.25, 0.3) is 11.1 Å². The molecule has 2 rings (SSSR count). The van der Waals surface area contributed by atoms with E-state index < -0.39 is 0 Å². The van der Waals surface area contributed by atoms with E-state index in [0.717, 1.165) is 21.9 Å². The number of hydrogen-bond donors (Lipinski definition) is 0. The van der Waals surface area contributed by atoms with E-state index in [1.807, 2.05) is 18.2 Å². The lowest BCUT2D eigenvalue weighted by molar-refractivity contribution is 0.112. The van der Waals surface area contributed by atoms with Gasteiger partial charge in [-0.05, 0) is 27.6 Å². The zero-order valence-electron chi connectivity index (χ0n) is 7.85. The molecule has 0 spiro atoms. The lowest BCUT2D eigenvalue weighted by atomic mass is 10.1. The molecule has 2 nitrogen and oxygen atoms in total. The summed E-state index contributed by atoms with van der Waals surface area (Å²) in [6.07, 6.45) is 4.37. The molecule has 0 radical (unpaired) electrons. The van der Waals surface area contributed by atoms with Crippen molar-refractivity contribution in [2.45, 2.75) is 0 Å². The van der Waals surface area contributed by atoms with Crippen LogP contribution in [0.3, 0.4) is 0 Å². The van der Waals surface area contributed by atoms with Crippen molar-refractivity contribution in [2.24, 2.45) is 0 Å². The minimum atomic E-state index is 0.682. The molecule has 3 heteroatoms. The molecule has 1 aromatic carbocycles. The van der Waals surface area contributed by atoms with Crippen LogP contribution in [0.1, 0.15) is 10.4 Å². The summed E-state index contributed by atoms with van der Waals surface area (Å²) < 4.78 is 0.944. The molecule has 0 unspecified atom stereocenters. The van der Waals surface area contributed by atoms with Gasteiger partial charge in [-0.15, -0.1) is 0 Å². The van der Waals surface area contributed by atoms with Crippen LogP contribution in [0.5, 0.6) is 0 Å². The zero-order chi connectivity index (χ0) is 10.7. The Morgan fingerprint density at radius 2 is 1.80 bits per heavy atom. The van der Waals surface area contributed by atoms with Gasteiger partial charge in [0.15, 0.2) is 0 Å². The molecule has 0 aliphatic carbocycles. The number of benzene rings is 1. The molecule has 0 atom stereocenters. The Morgan fingerprint density at radius 1 is 1.07 bits per heavy atom. The van der Waals surface area contributed by atoms with Gasteiger partial charge in [-0.1, -0.05) is 24.3 Å². The SMILES string of the molecule is O=Cc1ccc(-c2cncc(Br)c2)cc1. The van der Waals surface area contributed by atoms with Crippen LogP contribution in [-0.2, 0) is 0 Å². The van der Waals surface area contributed by atoms with E-state index in [2.05, 4.69) is 20.9 Å². The van der Waals surface area contributed by atoms with Gasteiger partial charge in [-0.25, -0.2) is 0 Å². The van der Waals surface area contributed by atoms with E-state index in [-0.39, 0.29) is 0 Å². The molecule has 15 heavy (non-hydrogen) atoms. The second kappa shape index (κ2) is 4.36. The van der Waals surface area contributed by atoms with Crippen LogP contribution in [0.2, 0.25) is 0 Å². The number of halogens is 1. The molecule has 0 amide bonds. The molecule has 2 aromatic rings. The fraction of sp³-hybridized carbons (Fsp3) is 0. The first-order valence-electron chi connectivity index (χ1n) is 4.46. The second-order valence-electron chi connectivity index (χ2n) is 3.13. The predicted molar refractivity (Wildman–Crippen MR) is 62.8 cm³/mol. The smallest absolute Gasteiger partial charge is 0.150 e. The summed E-state index contributed by atoms with van der Waals surface area (Å²) in [5.74, 6) is 0. The Balaban J connectivity index is 2.41. The first-order valence-corrected chi connectivity index (χ1v) is 5.25. The molecule has 0 fully saturated rings. The summed E-state index contributed by atoms with van der Waals surface area (Å²) in [6.45, 7) is 0. The number of aldehydes is 1. The lowest BCUT2D eigenvalue weighted by Crippen LogP contribution is -1.82. The summed E-state index contributed by atoms with van der Waals surface area (Å²) in [5, 5.41) is 0. The third-order valence-corrected chi connectivity index (χ3v) is 2.52. The molecule has 0 N–H and O–H groups in total. The molecule has 1 heterocycles. The average molecular weight is 262 g/mol. The van der Waals surface area contributed by atoms with Crippen molar-refractivity contribution in [1.82, 2.24) is 4.98 Å². The molecule has 0 saturated heterocycles. The fourth-order valence-corrected chi connectivity index (χ4v) is 1.69. The molecule has 1 aromatic heterocycles. The third kappa shape index (κ3) is 2.30. The maximum absolute atomic E-state index is 10.5. The maximum Gasteiger partial charge on any atom is 0.150 e. The van der Waals surface area contributed by atoms with E-state index in [0.29, 0.717) is 5.56 Å². The summed E-state index contributed by atoms with van der Waals surface area (Å²) in [4.78, 5) is 14.6. The van der Waals surface area contributed by atoms with Crippen LogP contribution in [0.15, 0.2) is 47.2 Å². The number of nitrogens with zero attached hydrogens (tertiary/aromatic N) is 1. The van der Waals surface area contributed by atoms with Gasteiger partial charge in [-0.2, -0.15) is 0 Å². The monoisotopic (exact) mass is 261 g/mol. The van der Waals surface area contributed by atoms with Gasteiger partial charge >= 0.3 is 0 Å². The molecule has 0 aliphatic heterocycles. The molecule has 74 valence electrons. The number of rotatable bonds is 2. The zero-order valence-corrected chi connectivity index (χ0v) is 9.44. The van der Waals surface area contributed by atoms with Gasteiger partial charge in [0.25, 0.3) is 0 Å². The van der Waals surface area contributed by atoms with Gasteiger partial charge < -0.3 is 0 Å². The van der Waals surface area contributed by atoms with Crippen LogP contribution < -0.4 is 0 Å². The summed E-state index contributed by atoms with van der Waals surface area (Å²) >= 11 is 3.37. The normalized spacial score (nSPS) is 9.93. The molecule has 0 saturated carbocycles. The van der Waals surface area contributed by atoms with E-state index in [1.54, 1.807) is 24.5 Å². The van der Waals surface area contributed by atoms with Gasteiger partial charge in [0.1, 0.15) is 6.29 Å². The predicted octanol–water partition coefficient (Wildman–Crippen LogP) is 3.32. The summed E-state index contributed by atoms with van der Waals surface area (Å²) in [6, 6.07) is 9.40. The Morgan fingerprint density at radius 3 is 2.40 bits per heavy atom. The first-order chi connectivity index (χ1) is 7.29. The highest BCUT2D eigenvalue weighted by molar-refractivity contribution is 9.10. The van der Waals surface area contributed by atoms with E-state index in [9.17, 15) is 4.79 Å². The van der Waals surface area contributed by atoms with Crippen molar-refractivity contribution in [2.75, 3.05) is 0 Å². The maximum atomic E-state index is 10.5.